The molecule has 0 radical (unpaired) electrons. The summed E-state index contributed by atoms with van der Waals surface area (Å²) in [6.07, 6.45) is 5.28. The Balaban J connectivity index is 2.08. The van der Waals surface area contributed by atoms with Crippen molar-refractivity contribution in [3.8, 4) is 0 Å². The highest BCUT2D eigenvalue weighted by Crippen LogP contribution is 2.31. The van der Waals surface area contributed by atoms with Crippen LogP contribution in [0.3, 0.4) is 0 Å². The Kier molecular flexibility index (Phi) is 6.04. The van der Waals surface area contributed by atoms with Crippen molar-refractivity contribution < 1.29 is 4.74 Å². The summed E-state index contributed by atoms with van der Waals surface area (Å²) in [6.45, 7) is 7.81. The molecule has 5 nitrogen and oxygen atoms in total. The van der Waals surface area contributed by atoms with Gasteiger partial charge in [0.1, 0.15) is 22.4 Å². The van der Waals surface area contributed by atoms with Crippen molar-refractivity contribution in [3.63, 3.8) is 0 Å². The van der Waals surface area contributed by atoms with Crippen LogP contribution in [0, 0.1) is 0 Å². The SMILES string of the molecule is CCCOC1CCCN(c2ncnc(NCC)c2Br)C1. The summed E-state index contributed by atoms with van der Waals surface area (Å²) in [4.78, 5) is 11.0. The van der Waals surface area contributed by atoms with Crippen molar-refractivity contribution in [2.75, 3.05) is 36.5 Å². The van der Waals surface area contributed by atoms with Crippen LogP contribution in [0.2, 0.25) is 0 Å². The highest BCUT2D eigenvalue weighted by molar-refractivity contribution is 9.10. The second-order valence-corrected chi connectivity index (χ2v) is 5.76. The molecule has 2 rings (SSSR count). The second kappa shape index (κ2) is 7.78. The first-order chi connectivity index (χ1) is 9.76. The predicted octanol–water partition coefficient (Wildman–Crippen LogP) is 3.07. The molecular formula is C14H23BrN4O. The molecule has 1 aliphatic rings. The Bertz CT molecular complexity index is 430. The summed E-state index contributed by atoms with van der Waals surface area (Å²) >= 11 is 3.62. The van der Waals surface area contributed by atoms with Crippen LogP contribution in [0.5, 0.6) is 0 Å². The molecule has 1 fully saturated rings. The van der Waals surface area contributed by atoms with Crippen LogP contribution >= 0.6 is 15.9 Å². The fraction of sp³-hybridized carbons (Fsp3) is 0.714. The standard InChI is InChI=1S/C14H23BrN4O/c1-3-8-20-11-6-5-7-19(9-11)14-12(15)13(16-4-2)17-10-18-14/h10-11H,3-9H2,1-2H3,(H,16,17,18). The fourth-order valence-corrected chi connectivity index (χ4v) is 3.02. The van der Waals surface area contributed by atoms with E-state index in [0.717, 1.165) is 61.6 Å². The molecule has 1 aromatic heterocycles. The minimum atomic E-state index is 0.313. The van der Waals surface area contributed by atoms with E-state index in [-0.39, 0.29) is 0 Å². The average Bonchev–Trinajstić information content (AvgIpc) is 2.48. The largest absolute Gasteiger partial charge is 0.376 e. The summed E-state index contributed by atoms with van der Waals surface area (Å²) in [6, 6.07) is 0. The maximum atomic E-state index is 5.89. The number of hydrogen-bond acceptors (Lipinski definition) is 5. The number of rotatable bonds is 6. The first kappa shape index (κ1) is 15.5. The molecule has 0 bridgehead atoms. The smallest absolute Gasteiger partial charge is 0.148 e. The number of halogens is 1. The van der Waals surface area contributed by atoms with Gasteiger partial charge in [-0.05, 0) is 42.1 Å². The molecule has 0 spiro atoms. The first-order valence-electron chi connectivity index (χ1n) is 7.37. The van der Waals surface area contributed by atoms with Gasteiger partial charge in [-0.2, -0.15) is 0 Å². The summed E-state index contributed by atoms with van der Waals surface area (Å²) in [7, 11) is 0. The van der Waals surface area contributed by atoms with Gasteiger partial charge in [0.05, 0.1) is 6.10 Å². The predicted molar refractivity (Wildman–Crippen MR) is 85.4 cm³/mol. The highest BCUT2D eigenvalue weighted by atomic mass is 79.9. The minimum absolute atomic E-state index is 0.313. The lowest BCUT2D eigenvalue weighted by Crippen LogP contribution is -2.40. The van der Waals surface area contributed by atoms with E-state index in [1.165, 1.54) is 0 Å². The van der Waals surface area contributed by atoms with Gasteiger partial charge in [0.2, 0.25) is 0 Å². The summed E-state index contributed by atoms with van der Waals surface area (Å²) in [5.41, 5.74) is 0. The number of nitrogens with one attached hydrogen (secondary N) is 1. The van der Waals surface area contributed by atoms with Gasteiger partial charge in [-0.1, -0.05) is 6.92 Å². The molecule has 6 heteroatoms. The zero-order chi connectivity index (χ0) is 14.4. The molecule has 112 valence electrons. The van der Waals surface area contributed by atoms with E-state index in [1.54, 1.807) is 6.33 Å². The van der Waals surface area contributed by atoms with E-state index in [1.807, 2.05) is 0 Å². The molecule has 0 amide bonds. The van der Waals surface area contributed by atoms with Crippen LogP contribution in [-0.2, 0) is 4.74 Å². The Morgan fingerprint density at radius 2 is 2.30 bits per heavy atom. The van der Waals surface area contributed by atoms with Crippen LogP contribution in [0.4, 0.5) is 11.6 Å². The molecule has 1 unspecified atom stereocenters. The van der Waals surface area contributed by atoms with E-state index in [9.17, 15) is 0 Å². The van der Waals surface area contributed by atoms with Gasteiger partial charge in [0.15, 0.2) is 0 Å². The fourth-order valence-electron chi connectivity index (χ4n) is 2.42. The monoisotopic (exact) mass is 342 g/mol. The number of ether oxygens (including phenoxy) is 1. The van der Waals surface area contributed by atoms with Gasteiger partial charge >= 0.3 is 0 Å². The summed E-state index contributed by atoms with van der Waals surface area (Å²) in [5, 5.41) is 3.24. The number of anilines is 2. The summed E-state index contributed by atoms with van der Waals surface area (Å²) < 4.78 is 6.83. The van der Waals surface area contributed by atoms with Crippen molar-refractivity contribution in [3.05, 3.63) is 10.8 Å². The third-order valence-electron chi connectivity index (χ3n) is 3.35. The van der Waals surface area contributed by atoms with E-state index in [2.05, 4.69) is 50.0 Å². The van der Waals surface area contributed by atoms with E-state index in [0.29, 0.717) is 6.10 Å². The number of aromatic nitrogens is 2. The Labute approximate surface area is 129 Å². The number of piperidine rings is 1. The van der Waals surface area contributed by atoms with Crippen molar-refractivity contribution in [1.29, 1.82) is 0 Å². The molecule has 1 N–H and O–H groups in total. The number of hydrogen-bond donors (Lipinski definition) is 1. The van der Waals surface area contributed by atoms with Gasteiger partial charge in [-0.3, -0.25) is 0 Å². The van der Waals surface area contributed by atoms with Gasteiger partial charge in [-0.25, -0.2) is 9.97 Å². The highest BCUT2D eigenvalue weighted by Gasteiger charge is 2.23. The molecule has 0 aromatic carbocycles. The second-order valence-electron chi connectivity index (χ2n) is 4.97. The van der Waals surface area contributed by atoms with Crippen molar-refractivity contribution in [1.82, 2.24) is 9.97 Å². The number of nitrogens with zero attached hydrogens (tertiary/aromatic N) is 3. The lowest BCUT2D eigenvalue weighted by Gasteiger charge is -2.34. The quantitative estimate of drug-likeness (QED) is 0.860. The lowest BCUT2D eigenvalue weighted by atomic mass is 10.1. The van der Waals surface area contributed by atoms with Crippen molar-refractivity contribution in [2.24, 2.45) is 0 Å². The Morgan fingerprint density at radius 1 is 1.45 bits per heavy atom. The van der Waals surface area contributed by atoms with Crippen LogP contribution in [0.1, 0.15) is 33.1 Å². The zero-order valence-electron chi connectivity index (χ0n) is 12.2. The average molecular weight is 343 g/mol. The molecule has 0 saturated carbocycles. The third kappa shape index (κ3) is 3.82. The first-order valence-corrected chi connectivity index (χ1v) is 8.16. The minimum Gasteiger partial charge on any atom is -0.376 e. The normalized spacial score (nSPS) is 19.1. The maximum absolute atomic E-state index is 5.89. The van der Waals surface area contributed by atoms with Gasteiger partial charge in [-0.15, -0.1) is 0 Å². The Morgan fingerprint density at radius 3 is 3.05 bits per heavy atom. The van der Waals surface area contributed by atoms with Crippen LogP contribution in [0.25, 0.3) is 0 Å². The molecule has 1 atom stereocenters. The maximum Gasteiger partial charge on any atom is 0.148 e. The van der Waals surface area contributed by atoms with Gasteiger partial charge < -0.3 is 15.0 Å². The molecule has 2 heterocycles. The van der Waals surface area contributed by atoms with Crippen molar-refractivity contribution in [2.45, 2.75) is 39.2 Å². The topological polar surface area (TPSA) is 50.3 Å². The van der Waals surface area contributed by atoms with E-state index < -0.39 is 0 Å². The van der Waals surface area contributed by atoms with Crippen LogP contribution in [0.15, 0.2) is 10.8 Å². The van der Waals surface area contributed by atoms with Gasteiger partial charge in [0, 0.05) is 26.2 Å². The molecule has 1 saturated heterocycles. The van der Waals surface area contributed by atoms with Crippen LogP contribution < -0.4 is 10.2 Å². The molecular weight excluding hydrogens is 320 g/mol. The van der Waals surface area contributed by atoms with Crippen molar-refractivity contribution >= 4 is 27.6 Å². The lowest BCUT2D eigenvalue weighted by molar-refractivity contribution is 0.0439. The molecule has 1 aliphatic heterocycles. The summed E-state index contributed by atoms with van der Waals surface area (Å²) in [5.74, 6) is 1.81. The molecule has 1 aromatic rings. The van der Waals surface area contributed by atoms with Crippen LogP contribution in [-0.4, -0.2) is 42.3 Å². The van der Waals surface area contributed by atoms with E-state index in [4.69, 9.17) is 4.74 Å². The van der Waals surface area contributed by atoms with E-state index >= 15 is 0 Å². The molecule has 20 heavy (non-hydrogen) atoms. The zero-order valence-corrected chi connectivity index (χ0v) is 13.8. The third-order valence-corrected chi connectivity index (χ3v) is 4.08. The Hall–Kier alpha value is -0.880. The molecule has 0 aliphatic carbocycles. The van der Waals surface area contributed by atoms with Gasteiger partial charge in [0.25, 0.3) is 0 Å².